The predicted octanol–water partition coefficient (Wildman–Crippen LogP) is 2.58. The lowest BCUT2D eigenvalue weighted by atomic mass is 10.2. The number of nitrogens with one attached hydrogen (secondary N) is 1. The maximum absolute atomic E-state index is 12.6. The summed E-state index contributed by atoms with van der Waals surface area (Å²) in [6, 6.07) is 13.6. The number of thiophene rings is 1. The summed E-state index contributed by atoms with van der Waals surface area (Å²) in [4.78, 5) is 25.2. The van der Waals surface area contributed by atoms with Gasteiger partial charge in [-0.3, -0.25) is 9.48 Å². The van der Waals surface area contributed by atoms with Crippen LogP contribution in [0.3, 0.4) is 0 Å². The lowest BCUT2D eigenvalue weighted by Gasteiger charge is -2.05. The molecule has 3 aromatic rings. The number of hydrogen-bond donors (Lipinski definition) is 1. The fourth-order valence-corrected chi connectivity index (χ4v) is 3.29. The second kappa shape index (κ2) is 9.82. The van der Waals surface area contributed by atoms with Crippen LogP contribution in [-0.4, -0.2) is 48.5 Å². The zero-order valence-electron chi connectivity index (χ0n) is 15.5. The van der Waals surface area contributed by atoms with Crippen molar-refractivity contribution in [1.82, 2.24) is 15.1 Å². The Balaban J connectivity index is 1.73. The number of esters is 1. The van der Waals surface area contributed by atoms with Crippen LogP contribution in [0, 0.1) is 0 Å². The first-order valence-electron chi connectivity index (χ1n) is 8.75. The molecule has 0 saturated carbocycles. The number of methoxy groups -OCH3 is 1. The summed E-state index contributed by atoms with van der Waals surface area (Å²) in [5.41, 5.74) is 1.96. The standard InChI is InChI=1S/C20H21N3O4S/c1-26-10-9-21-18(24)14-27-20(25)16-13-23(12-15-6-3-2-4-7-15)22-19(16)17-8-5-11-28-17/h2-8,11,13H,9-10,12,14H2,1H3,(H,21,24). The Morgan fingerprint density at radius 2 is 2.00 bits per heavy atom. The topological polar surface area (TPSA) is 82.5 Å². The first-order valence-corrected chi connectivity index (χ1v) is 9.63. The molecule has 0 spiro atoms. The van der Waals surface area contributed by atoms with E-state index in [4.69, 9.17) is 9.47 Å². The SMILES string of the molecule is COCCNC(=O)COC(=O)c1cn(Cc2ccccc2)nc1-c1cccs1. The highest BCUT2D eigenvalue weighted by Gasteiger charge is 2.21. The molecule has 1 N–H and O–H groups in total. The third kappa shape index (κ3) is 5.28. The maximum Gasteiger partial charge on any atom is 0.342 e. The molecule has 1 aromatic carbocycles. The summed E-state index contributed by atoms with van der Waals surface area (Å²) in [6.45, 7) is 0.942. The van der Waals surface area contributed by atoms with Crippen LogP contribution in [0.15, 0.2) is 54.0 Å². The van der Waals surface area contributed by atoms with Gasteiger partial charge in [0.05, 0.1) is 18.0 Å². The lowest BCUT2D eigenvalue weighted by molar-refractivity contribution is -0.124. The van der Waals surface area contributed by atoms with Crippen molar-refractivity contribution in [3.05, 3.63) is 65.2 Å². The van der Waals surface area contributed by atoms with Crippen LogP contribution in [-0.2, 0) is 20.8 Å². The molecule has 0 saturated heterocycles. The summed E-state index contributed by atoms with van der Waals surface area (Å²) < 4.78 is 11.8. The van der Waals surface area contributed by atoms with E-state index in [2.05, 4.69) is 10.4 Å². The number of ether oxygens (including phenoxy) is 2. The van der Waals surface area contributed by atoms with Crippen molar-refractivity contribution >= 4 is 23.2 Å². The molecular formula is C20H21N3O4S. The molecule has 28 heavy (non-hydrogen) atoms. The molecule has 3 rings (SSSR count). The number of benzene rings is 1. The van der Waals surface area contributed by atoms with E-state index in [0.717, 1.165) is 10.4 Å². The zero-order valence-corrected chi connectivity index (χ0v) is 16.3. The molecule has 0 aliphatic rings. The molecule has 8 heteroatoms. The predicted molar refractivity (Wildman–Crippen MR) is 106 cm³/mol. The van der Waals surface area contributed by atoms with Crippen molar-refractivity contribution in [3.8, 4) is 10.6 Å². The number of rotatable bonds is 9. The fraction of sp³-hybridized carbons (Fsp3) is 0.250. The van der Waals surface area contributed by atoms with Crippen molar-refractivity contribution in [2.45, 2.75) is 6.54 Å². The van der Waals surface area contributed by atoms with E-state index in [1.807, 2.05) is 47.8 Å². The Hall–Kier alpha value is -2.97. The first-order chi connectivity index (χ1) is 13.7. The highest BCUT2D eigenvalue weighted by atomic mass is 32.1. The van der Waals surface area contributed by atoms with Crippen LogP contribution >= 0.6 is 11.3 Å². The van der Waals surface area contributed by atoms with Gasteiger partial charge in [-0.05, 0) is 17.0 Å². The molecule has 0 aliphatic heterocycles. The smallest absolute Gasteiger partial charge is 0.342 e. The van der Waals surface area contributed by atoms with Crippen LogP contribution in [0.1, 0.15) is 15.9 Å². The minimum absolute atomic E-state index is 0.336. The highest BCUT2D eigenvalue weighted by Crippen LogP contribution is 2.27. The second-order valence-electron chi connectivity index (χ2n) is 5.97. The van der Waals surface area contributed by atoms with Gasteiger partial charge in [0.1, 0.15) is 11.3 Å². The number of carbonyl (C=O) groups is 2. The molecule has 2 heterocycles. The van der Waals surface area contributed by atoms with Gasteiger partial charge >= 0.3 is 5.97 Å². The van der Waals surface area contributed by atoms with Crippen molar-refractivity contribution in [1.29, 1.82) is 0 Å². The van der Waals surface area contributed by atoms with E-state index in [1.54, 1.807) is 18.0 Å². The molecule has 0 radical (unpaired) electrons. The summed E-state index contributed by atoms with van der Waals surface area (Å²) in [5, 5.41) is 9.10. The average Bonchev–Trinajstić information content (AvgIpc) is 3.37. The molecular weight excluding hydrogens is 378 g/mol. The van der Waals surface area contributed by atoms with Crippen molar-refractivity contribution in [2.75, 3.05) is 26.9 Å². The molecule has 2 aromatic heterocycles. The van der Waals surface area contributed by atoms with Gasteiger partial charge in [-0.15, -0.1) is 11.3 Å². The van der Waals surface area contributed by atoms with Crippen molar-refractivity contribution in [3.63, 3.8) is 0 Å². The van der Waals surface area contributed by atoms with E-state index in [1.165, 1.54) is 11.3 Å². The molecule has 0 fully saturated rings. The minimum Gasteiger partial charge on any atom is -0.452 e. The average molecular weight is 399 g/mol. The van der Waals surface area contributed by atoms with Crippen molar-refractivity contribution < 1.29 is 19.1 Å². The van der Waals surface area contributed by atoms with E-state index >= 15 is 0 Å². The van der Waals surface area contributed by atoms with E-state index in [9.17, 15) is 9.59 Å². The first kappa shape index (κ1) is 19.8. The Labute approximate surface area is 166 Å². The zero-order chi connectivity index (χ0) is 19.8. The number of aromatic nitrogens is 2. The molecule has 0 unspecified atom stereocenters. The molecule has 0 bridgehead atoms. The van der Waals surface area contributed by atoms with Crippen LogP contribution < -0.4 is 5.32 Å². The monoisotopic (exact) mass is 399 g/mol. The van der Waals surface area contributed by atoms with Gasteiger partial charge in [0, 0.05) is 19.9 Å². The van der Waals surface area contributed by atoms with Gasteiger partial charge in [-0.2, -0.15) is 5.10 Å². The van der Waals surface area contributed by atoms with Gasteiger partial charge in [0.2, 0.25) is 0 Å². The fourth-order valence-electron chi connectivity index (χ4n) is 2.57. The summed E-state index contributed by atoms with van der Waals surface area (Å²) >= 11 is 1.49. The van der Waals surface area contributed by atoms with E-state index in [-0.39, 0.29) is 12.5 Å². The van der Waals surface area contributed by atoms with Gasteiger partial charge in [0.15, 0.2) is 6.61 Å². The van der Waals surface area contributed by atoms with Crippen molar-refractivity contribution in [2.24, 2.45) is 0 Å². The maximum atomic E-state index is 12.6. The Kier molecular flexibility index (Phi) is 6.94. The number of carbonyl (C=O) groups excluding carboxylic acids is 2. The van der Waals surface area contributed by atoms with Gasteiger partial charge < -0.3 is 14.8 Å². The Morgan fingerprint density at radius 3 is 2.71 bits per heavy atom. The second-order valence-corrected chi connectivity index (χ2v) is 6.92. The van der Waals surface area contributed by atoms with E-state index < -0.39 is 5.97 Å². The van der Waals surface area contributed by atoms with Gasteiger partial charge in [0.25, 0.3) is 5.91 Å². The van der Waals surface area contributed by atoms with Crippen LogP contribution in [0.4, 0.5) is 0 Å². The third-order valence-electron chi connectivity index (χ3n) is 3.89. The molecule has 1 amide bonds. The summed E-state index contributed by atoms with van der Waals surface area (Å²) in [7, 11) is 1.55. The van der Waals surface area contributed by atoms with Gasteiger partial charge in [-0.25, -0.2) is 4.79 Å². The number of nitrogens with zero attached hydrogens (tertiary/aromatic N) is 2. The number of amides is 1. The van der Waals surface area contributed by atoms with Crippen LogP contribution in [0.5, 0.6) is 0 Å². The third-order valence-corrected chi connectivity index (χ3v) is 4.76. The largest absolute Gasteiger partial charge is 0.452 e. The van der Waals surface area contributed by atoms with Gasteiger partial charge in [-0.1, -0.05) is 36.4 Å². The lowest BCUT2D eigenvalue weighted by Crippen LogP contribution is -2.31. The molecule has 146 valence electrons. The highest BCUT2D eigenvalue weighted by molar-refractivity contribution is 7.13. The normalized spacial score (nSPS) is 10.6. The summed E-state index contributed by atoms with van der Waals surface area (Å²) in [6.07, 6.45) is 1.66. The molecule has 0 atom stereocenters. The minimum atomic E-state index is -0.579. The molecule has 7 nitrogen and oxygen atoms in total. The number of hydrogen-bond acceptors (Lipinski definition) is 6. The summed E-state index contributed by atoms with van der Waals surface area (Å²) in [5.74, 6) is -0.954. The Bertz CT molecular complexity index is 907. The van der Waals surface area contributed by atoms with Crippen LogP contribution in [0.2, 0.25) is 0 Å². The Morgan fingerprint density at radius 1 is 1.18 bits per heavy atom. The molecule has 0 aliphatic carbocycles. The quantitative estimate of drug-likeness (QED) is 0.442. The van der Waals surface area contributed by atoms with Crippen LogP contribution in [0.25, 0.3) is 10.6 Å². The van der Waals surface area contributed by atoms with E-state index in [0.29, 0.717) is 31.0 Å².